The predicted molar refractivity (Wildman–Crippen MR) is 128 cm³/mol. The number of rotatable bonds is 7. The van der Waals surface area contributed by atoms with Crippen molar-refractivity contribution in [3.63, 3.8) is 0 Å². The van der Waals surface area contributed by atoms with E-state index < -0.39 is 42.8 Å². The third kappa shape index (κ3) is 4.26. The van der Waals surface area contributed by atoms with Crippen molar-refractivity contribution in [2.75, 3.05) is 11.9 Å². The molecule has 4 N–H and O–H groups in total. The lowest BCUT2D eigenvalue weighted by molar-refractivity contribution is -0.152. The number of aromatic carboxylic acids is 1. The minimum absolute atomic E-state index is 0.0369. The van der Waals surface area contributed by atoms with E-state index in [0.717, 1.165) is 5.56 Å². The van der Waals surface area contributed by atoms with E-state index in [1.807, 2.05) is 30.3 Å². The molecular weight excluding hydrogens is 498 g/mol. The molecule has 5 atom stereocenters. The molecular formula is C24H21N7O7. The summed E-state index contributed by atoms with van der Waals surface area (Å²) in [5, 5.41) is 11.9. The van der Waals surface area contributed by atoms with Gasteiger partial charge in [0.2, 0.25) is 5.88 Å². The van der Waals surface area contributed by atoms with Crippen molar-refractivity contribution < 1.29 is 33.6 Å². The molecule has 14 nitrogen and oxygen atoms in total. The normalized spacial score (nSPS) is 24.3. The van der Waals surface area contributed by atoms with Crippen LogP contribution in [0.25, 0.3) is 11.2 Å². The number of carboxylic acid groups (broad SMARTS) is 1. The molecule has 14 heteroatoms. The van der Waals surface area contributed by atoms with Gasteiger partial charge in [0.15, 0.2) is 29.5 Å². The van der Waals surface area contributed by atoms with Crippen LogP contribution < -0.4 is 15.8 Å². The lowest BCUT2D eigenvalue weighted by atomic mass is 10.1. The van der Waals surface area contributed by atoms with E-state index in [2.05, 4.69) is 25.3 Å². The smallest absolute Gasteiger partial charge is 0.341 e. The van der Waals surface area contributed by atoms with Crippen LogP contribution in [-0.4, -0.2) is 66.5 Å². The second-order valence-electron chi connectivity index (χ2n) is 8.52. The van der Waals surface area contributed by atoms with Crippen LogP contribution in [0.15, 0.2) is 61.3 Å². The highest BCUT2D eigenvalue weighted by Crippen LogP contribution is 2.45. The molecule has 0 bridgehead atoms. The number of nitrogens with one attached hydrogen (secondary N) is 1. The zero-order valence-electron chi connectivity index (χ0n) is 19.6. The Morgan fingerprint density at radius 3 is 2.63 bits per heavy atom. The Hall–Kier alpha value is -4.66. The van der Waals surface area contributed by atoms with Crippen LogP contribution >= 0.6 is 0 Å². The van der Waals surface area contributed by atoms with Crippen molar-refractivity contribution in [2.24, 2.45) is 5.73 Å². The van der Waals surface area contributed by atoms with Crippen molar-refractivity contribution in [3.05, 3.63) is 72.4 Å². The Bertz CT molecular complexity index is 1500. The highest BCUT2D eigenvalue weighted by Gasteiger charge is 2.54. The summed E-state index contributed by atoms with van der Waals surface area (Å²) >= 11 is 0. The van der Waals surface area contributed by atoms with E-state index in [0.29, 0.717) is 11.2 Å². The van der Waals surface area contributed by atoms with Gasteiger partial charge in [0.25, 0.3) is 0 Å². The monoisotopic (exact) mass is 519 g/mol. The second kappa shape index (κ2) is 9.66. The number of benzene rings is 1. The predicted octanol–water partition coefficient (Wildman–Crippen LogP) is 1.87. The van der Waals surface area contributed by atoms with Crippen molar-refractivity contribution in [3.8, 4) is 5.88 Å². The van der Waals surface area contributed by atoms with Gasteiger partial charge in [-0.05, 0) is 12.1 Å². The van der Waals surface area contributed by atoms with Crippen LogP contribution in [0, 0.1) is 0 Å². The van der Waals surface area contributed by atoms with Gasteiger partial charge < -0.3 is 29.8 Å². The molecule has 194 valence electrons. The first-order valence-corrected chi connectivity index (χ1v) is 11.6. The summed E-state index contributed by atoms with van der Waals surface area (Å²) in [5.41, 5.74) is 6.69. The van der Waals surface area contributed by atoms with Crippen LogP contribution in [0.3, 0.4) is 0 Å². The third-order valence-electron chi connectivity index (χ3n) is 6.18. The number of carboxylic acids is 1. The summed E-state index contributed by atoms with van der Waals surface area (Å²) in [4.78, 5) is 39.7. The number of nitrogens with zero attached hydrogens (tertiary/aromatic N) is 5. The number of amides is 2. The fourth-order valence-electron chi connectivity index (χ4n) is 4.54. The molecule has 6 rings (SSSR count). The largest absolute Gasteiger partial charge is 0.477 e. The minimum atomic E-state index is -1.16. The van der Waals surface area contributed by atoms with E-state index in [4.69, 9.17) is 24.7 Å². The van der Waals surface area contributed by atoms with Crippen molar-refractivity contribution >= 4 is 29.0 Å². The molecule has 2 saturated heterocycles. The lowest BCUT2D eigenvalue weighted by Crippen LogP contribution is -2.33. The minimum Gasteiger partial charge on any atom is -0.477 e. The highest BCUT2D eigenvalue weighted by molar-refractivity contribution is 5.95. The molecule has 0 spiro atoms. The summed E-state index contributed by atoms with van der Waals surface area (Å²) in [6.07, 6.45) is 0.958. The van der Waals surface area contributed by atoms with Gasteiger partial charge in [-0.2, -0.15) is 0 Å². The van der Waals surface area contributed by atoms with Crippen molar-refractivity contribution in [2.45, 2.75) is 30.8 Å². The van der Waals surface area contributed by atoms with Gasteiger partial charge in [0.05, 0.1) is 6.33 Å². The Balaban J connectivity index is 1.32. The van der Waals surface area contributed by atoms with Crippen LogP contribution in [0.5, 0.6) is 5.88 Å². The maximum Gasteiger partial charge on any atom is 0.341 e. The number of pyridine rings is 1. The van der Waals surface area contributed by atoms with Gasteiger partial charge in [-0.15, -0.1) is 0 Å². The molecule has 3 aromatic heterocycles. The number of anilines is 1. The van der Waals surface area contributed by atoms with Crippen LogP contribution in [0.1, 0.15) is 28.4 Å². The first-order valence-electron chi connectivity index (χ1n) is 11.6. The highest BCUT2D eigenvalue weighted by atomic mass is 16.8. The SMILES string of the molecule is NC(=O)Nc1ncnc2c1ncn2C1OC(COc2ncccc2C(=O)O)C2O[C@H](c3ccccc3)OC21. The molecule has 2 fully saturated rings. The van der Waals surface area contributed by atoms with E-state index in [1.54, 1.807) is 4.57 Å². The molecule has 38 heavy (non-hydrogen) atoms. The number of nitrogens with two attached hydrogens (primary N) is 1. The number of primary amides is 1. The molecule has 0 saturated carbocycles. The summed E-state index contributed by atoms with van der Waals surface area (Å²) in [6, 6.07) is 11.6. The lowest BCUT2D eigenvalue weighted by Gasteiger charge is -2.21. The first-order chi connectivity index (χ1) is 18.5. The van der Waals surface area contributed by atoms with E-state index in [1.165, 1.54) is 31.0 Å². The maximum absolute atomic E-state index is 11.6. The molecule has 2 aliphatic rings. The summed E-state index contributed by atoms with van der Waals surface area (Å²) in [7, 11) is 0. The first kappa shape index (κ1) is 23.7. The van der Waals surface area contributed by atoms with Crippen molar-refractivity contribution in [1.82, 2.24) is 24.5 Å². The van der Waals surface area contributed by atoms with E-state index in [-0.39, 0.29) is 23.9 Å². The van der Waals surface area contributed by atoms with Gasteiger partial charge in [0, 0.05) is 11.8 Å². The molecule has 2 aliphatic heterocycles. The number of carbonyl (C=O) groups excluding carboxylic acids is 1. The Kier molecular flexibility index (Phi) is 6.03. The van der Waals surface area contributed by atoms with Gasteiger partial charge in [0.1, 0.15) is 36.8 Å². The maximum atomic E-state index is 11.6. The Labute approximate surface area is 214 Å². The number of urea groups is 1. The number of hydrogen-bond acceptors (Lipinski definition) is 10. The fraction of sp³-hybridized carbons (Fsp3) is 0.250. The number of carbonyl (C=O) groups is 2. The van der Waals surface area contributed by atoms with Gasteiger partial charge >= 0.3 is 12.0 Å². The fourth-order valence-corrected chi connectivity index (χ4v) is 4.54. The molecule has 1 aromatic carbocycles. The number of aromatic nitrogens is 5. The molecule has 2 amide bonds. The van der Waals surface area contributed by atoms with E-state index >= 15 is 0 Å². The number of fused-ring (bicyclic) bond motifs is 2. The average Bonchev–Trinajstić information content (AvgIpc) is 3.62. The third-order valence-corrected chi connectivity index (χ3v) is 6.18. The summed E-state index contributed by atoms with van der Waals surface area (Å²) in [5.74, 6) is -1.05. The second-order valence-corrected chi connectivity index (χ2v) is 8.52. The number of ether oxygens (including phenoxy) is 4. The molecule has 4 unspecified atom stereocenters. The quantitative estimate of drug-likeness (QED) is 0.323. The average molecular weight is 519 g/mol. The zero-order valence-corrected chi connectivity index (χ0v) is 19.6. The topological polar surface area (TPSA) is 186 Å². The standard InChI is InChI=1S/C24H21N7O7/c25-24(34)30-18-15-19(28-10-27-18)31(11-29-15)21-17-16(37-23(38-17)12-5-2-1-3-6-12)14(36-21)9-35-20-13(22(32)33)7-4-8-26-20/h1-8,10-11,14,16-17,21,23H,9H2,(H,32,33)(H3,25,27,28,30,34)/t14?,16?,17?,21?,23-/m0/s1. The number of imidazole rings is 1. The molecule has 0 radical (unpaired) electrons. The van der Waals surface area contributed by atoms with Gasteiger partial charge in [-0.3, -0.25) is 9.88 Å². The van der Waals surface area contributed by atoms with Crippen LogP contribution in [0.4, 0.5) is 10.6 Å². The van der Waals surface area contributed by atoms with Crippen LogP contribution in [-0.2, 0) is 14.2 Å². The van der Waals surface area contributed by atoms with Crippen molar-refractivity contribution in [1.29, 1.82) is 0 Å². The van der Waals surface area contributed by atoms with Gasteiger partial charge in [-0.1, -0.05) is 30.3 Å². The van der Waals surface area contributed by atoms with Gasteiger partial charge in [-0.25, -0.2) is 29.5 Å². The Morgan fingerprint density at radius 2 is 1.84 bits per heavy atom. The molecule has 4 aromatic rings. The molecule has 5 heterocycles. The summed E-state index contributed by atoms with van der Waals surface area (Å²) < 4.78 is 26.3. The Morgan fingerprint density at radius 1 is 1.03 bits per heavy atom. The number of hydrogen-bond donors (Lipinski definition) is 3. The zero-order chi connectivity index (χ0) is 26.2. The summed E-state index contributed by atoms with van der Waals surface area (Å²) in [6.45, 7) is -0.0596. The van der Waals surface area contributed by atoms with E-state index in [9.17, 15) is 14.7 Å². The molecule has 0 aliphatic carbocycles. The van der Waals surface area contributed by atoms with Crippen LogP contribution in [0.2, 0.25) is 0 Å².